The number of carbonyl (C=O) groups excluding carboxylic acids is 1. The fraction of sp³-hybridized carbons (Fsp3) is 0.526. The molecule has 3 rings (SSSR count). The SMILES string of the molecule is COc1cc(CC(=O)Nc2nnc(C3CCCCC3)s2)cc(OC)c1OC. The Morgan fingerprint density at radius 2 is 1.74 bits per heavy atom. The fourth-order valence-electron chi connectivity index (χ4n) is 3.39. The molecule has 0 bridgehead atoms. The predicted molar refractivity (Wildman–Crippen MR) is 104 cm³/mol. The van der Waals surface area contributed by atoms with Gasteiger partial charge in [0.2, 0.25) is 16.8 Å². The average molecular weight is 391 g/mol. The highest BCUT2D eigenvalue weighted by atomic mass is 32.1. The van der Waals surface area contributed by atoms with Crippen molar-refractivity contribution >= 4 is 22.4 Å². The molecule has 1 aliphatic rings. The smallest absolute Gasteiger partial charge is 0.230 e. The molecule has 0 saturated heterocycles. The van der Waals surface area contributed by atoms with E-state index in [0.29, 0.717) is 28.3 Å². The first kappa shape index (κ1) is 19.4. The lowest BCUT2D eigenvalue weighted by atomic mass is 9.90. The Kier molecular flexibility index (Phi) is 6.49. The minimum absolute atomic E-state index is 0.157. The van der Waals surface area contributed by atoms with Gasteiger partial charge in [-0.2, -0.15) is 0 Å². The Balaban J connectivity index is 1.66. The molecule has 0 spiro atoms. The van der Waals surface area contributed by atoms with Gasteiger partial charge >= 0.3 is 0 Å². The zero-order valence-electron chi connectivity index (χ0n) is 15.9. The Labute approximate surface area is 163 Å². The Morgan fingerprint density at radius 1 is 1.07 bits per heavy atom. The molecule has 0 aliphatic heterocycles. The van der Waals surface area contributed by atoms with Gasteiger partial charge in [-0.3, -0.25) is 4.79 Å². The van der Waals surface area contributed by atoms with Gasteiger partial charge in [-0.25, -0.2) is 0 Å². The molecular formula is C19H25N3O4S. The Hall–Kier alpha value is -2.35. The molecule has 2 aromatic rings. The highest BCUT2D eigenvalue weighted by Crippen LogP contribution is 2.38. The Bertz CT molecular complexity index is 762. The number of aromatic nitrogens is 2. The van der Waals surface area contributed by atoms with E-state index in [-0.39, 0.29) is 12.3 Å². The quantitative estimate of drug-likeness (QED) is 0.773. The van der Waals surface area contributed by atoms with Gasteiger partial charge in [0.25, 0.3) is 0 Å². The highest BCUT2D eigenvalue weighted by Gasteiger charge is 2.20. The second-order valence-corrected chi connectivity index (χ2v) is 7.55. The molecule has 0 radical (unpaired) electrons. The second kappa shape index (κ2) is 9.03. The van der Waals surface area contributed by atoms with Crippen LogP contribution in [0.5, 0.6) is 17.2 Å². The molecule has 27 heavy (non-hydrogen) atoms. The van der Waals surface area contributed by atoms with E-state index < -0.39 is 0 Å². The van der Waals surface area contributed by atoms with Crippen molar-refractivity contribution in [1.82, 2.24) is 10.2 Å². The molecule has 1 fully saturated rings. The van der Waals surface area contributed by atoms with Gasteiger partial charge in [0.1, 0.15) is 5.01 Å². The molecule has 7 nitrogen and oxygen atoms in total. The number of nitrogens with one attached hydrogen (secondary N) is 1. The topological polar surface area (TPSA) is 82.6 Å². The molecule has 0 atom stereocenters. The van der Waals surface area contributed by atoms with Crippen LogP contribution in [0.4, 0.5) is 5.13 Å². The largest absolute Gasteiger partial charge is 0.493 e. The van der Waals surface area contributed by atoms with Gasteiger partial charge in [0.15, 0.2) is 11.5 Å². The maximum absolute atomic E-state index is 12.4. The summed E-state index contributed by atoms with van der Waals surface area (Å²) in [4.78, 5) is 12.4. The van der Waals surface area contributed by atoms with Crippen LogP contribution in [0.1, 0.15) is 48.6 Å². The summed E-state index contributed by atoms with van der Waals surface area (Å²) < 4.78 is 16.0. The number of ether oxygens (including phenoxy) is 3. The number of hydrogen-bond donors (Lipinski definition) is 1. The third-order valence-electron chi connectivity index (χ3n) is 4.73. The van der Waals surface area contributed by atoms with Gasteiger partial charge in [0.05, 0.1) is 27.8 Å². The number of amides is 1. The molecule has 1 amide bonds. The van der Waals surface area contributed by atoms with Crippen LogP contribution in [0, 0.1) is 0 Å². The fourth-order valence-corrected chi connectivity index (χ4v) is 4.31. The number of rotatable bonds is 7. The monoisotopic (exact) mass is 391 g/mol. The van der Waals surface area contributed by atoms with Crippen molar-refractivity contribution < 1.29 is 19.0 Å². The summed E-state index contributed by atoms with van der Waals surface area (Å²) in [6.45, 7) is 0. The zero-order chi connectivity index (χ0) is 19.2. The van der Waals surface area contributed by atoms with Crippen molar-refractivity contribution in [3.05, 3.63) is 22.7 Å². The summed E-state index contributed by atoms with van der Waals surface area (Å²) in [5, 5.41) is 12.8. The van der Waals surface area contributed by atoms with Gasteiger partial charge < -0.3 is 19.5 Å². The lowest BCUT2D eigenvalue weighted by Gasteiger charge is -2.18. The summed E-state index contributed by atoms with van der Waals surface area (Å²) in [5.41, 5.74) is 0.763. The third kappa shape index (κ3) is 4.68. The van der Waals surface area contributed by atoms with Gasteiger partial charge in [-0.15, -0.1) is 10.2 Å². The highest BCUT2D eigenvalue weighted by molar-refractivity contribution is 7.15. The van der Waals surface area contributed by atoms with Crippen LogP contribution >= 0.6 is 11.3 Å². The van der Waals surface area contributed by atoms with Gasteiger partial charge in [-0.05, 0) is 30.5 Å². The molecule has 0 unspecified atom stereocenters. The maximum atomic E-state index is 12.4. The van der Waals surface area contributed by atoms with Crippen LogP contribution in [0.25, 0.3) is 0 Å². The van der Waals surface area contributed by atoms with Crippen LogP contribution in [0.3, 0.4) is 0 Å². The molecule has 1 aliphatic carbocycles. The van der Waals surface area contributed by atoms with E-state index >= 15 is 0 Å². The van der Waals surface area contributed by atoms with Crippen molar-refractivity contribution in [2.24, 2.45) is 0 Å². The van der Waals surface area contributed by atoms with Crippen LogP contribution in [0.15, 0.2) is 12.1 Å². The van der Waals surface area contributed by atoms with E-state index in [9.17, 15) is 4.79 Å². The standard InChI is InChI=1S/C19H25N3O4S/c1-24-14-9-12(10-15(25-2)17(14)26-3)11-16(23)20-19-22-21-18(27-19)13-7-5-4-6-8-13/h9-10,13H,4-8,11H2,1-3H3,(H,20,22,23). The lowest BCUT2D eigenvalue weighted by molar-refractivity contribution is -0.115. The molecule has 1 heterocycles. The second-order valence-electron chi connectivity index (χ2n) is 6.54. The van der Waals surface area contributed by atoms with Gasteiger partial charge in [0, 0.05) is 5.92 Å². The molecule has 1 aromatic heterocycles. The van der Waals surface area contributed by atoms with Crippen molar-refractivity contribution in [1.29, 1.82) is 0 Å². The van der Waals surface area contributed by atoms with E-state index in [2.05, 4.69) is 15.5 Å². The van der Waals surface area contributed by atoms with E-state index in [1.807, 2.05) is 0 Å². The number of carbonyl (C=O) groups is 1. The summed E-state index contributed by atoms with van der Waals surface area (Å²) >= 11 is 1.48. The van der Waals surface area contributed by atoms with E-state index in [0.717, 1.165) is 23.4 Å². The van der Waals surface area contributed by atoms with E-state index in [1.165, 1.54) is 30.6 Å². The average Bonchev–Trinajstić information content (AvgIpc) is 3.16. The van der Waals surface area contributed by atoms with Crippen LogP contribution in [-0.4, -0.2) is 37.4 Å². The van der Waals surface area contributed by atoms with Crippen LogP contribution in [-0.2, 0) is 11.2 Å². The molecular weight excluding hydrogens is 366 g/mol. The van der Waals surface area contributed by atoms with Crippen LogP contribution < -0.4 is 19.5 Å². The lowest BCUT2D eigenvalue weighted by Crippen LogP contribution is -2.14. The summed E-state index contributed by atoms with van der Waals surface area (Å²) in [6, 6.07) is 3.54. The van der Waals surface area contributed by atoms with Crippen molar-refractivity contribution in [3.8, 4) is 17.2 Å². The van der Waals surface area contributed by atoms with Crippen molar-refractivity contribution in [2.75, 3.05) is 26.6 Å². The molecule has 8 heteroatoms. The first-order chi connectivity index (χ1) is 13.1. The number of nitrogens with zero attached hydrogens (tertiary/aromatic N) is 2. The summed E-state index contributed by atoms with van der Waals surface area (Å²) in [5.74, 6) is 1.88. The molecule has 1 saturated carbocycles. The van der Waals surface area contributed by atoms with E-state index in [1.54, 1.807) is 33.5 Å². The van der Waals surface area contributed by atoms with E-state index in [4.69, 9.17) is 14.2 Å². The normalized spacial score (nSPS) is 14.6. The number of hydrogen-bond acceptors (Lipinski definition) is 7. The minimum Gasteiger partial charge on any atom is -0.493 e. The maximum Gasteiger partial charge on any atom is 0.230 e. The minimum atomic E-state index is -0.157. The number of anilines is 1. The predicted octanol–water partition coefficient (Wildman–Crippen LogP) is 3.79. The Morgan fingerprint density at radius 3 is 2.33 bits per heavy atom. The number of methoxy groups -OCH3 is 3. The zero-order valence-corrected chi connectivity index (χ0v) is 16.7. The molecule has 146 valence electrons. The first-order valence-electron chi connectivity index (χ1n) is 9.06. The first-order valence-corrected chi connectivity index (χ1v) is 9.88. The summed E-state index contributed by atoms with van der Waals surface area (Å²) in [6.07, 6.45) is 6.28. The summed E-state index contributed by atoms with van der Waals surface area (Å²) in [7, 11) is 4.65. The third-order valence-corrected chi connectivity index (χ3v) is 5.73. The van der Waals surface area contributed by atoms with Crippen molar-refractivity contribution in [2.45, 2.75) is 44.4 Å². The number of benzene rings is 1. The van der Waals surface area contributed by atoms with Crippen molar-refractivity contribution in [3.63, 3.8) is 0 Å². The van der Waals surface area contributed by atoms with Gasteiger partial charge in [-0.1, -0.05) is 30.6 Å². The van der Waals surface area contributed by atoms with Crippen LogP contribution in [0.2, 0.25) is 0 Å². The molecule has 1 aromatic carbocycles. The molecule has 1 N–H and O–H groups in total.